The lowest BCUT2D eigenvalue weighted by Crippen LogP contribution is -2.60. The molecule has 0 amide bonds. The van der Waals surface area contributed by atoms with Gasteiger partial charge in [-0.1, -0.05) is 26.7 Å². The molecule has 1 fully saturated rings. The van der Waals surface area contributed by atoms with Crippen LogP contribution in [0, 0.1) is 0 Å². The van der Waals surface area contributed by atoms with Crippen LogP contribution in [0.2, 0.25) is 0 Å². The molecular formula is C14H28F3N3. The van der Waals surface area contributed by atoms with Gasteiger partial charge in [0.05, 0.1) is 6.54 Å². The van der Waals surface area contributed by atoms with Gasteiger partial charge in [-0.05, 0) is 12.8 Å². The fourth-order valence-corrected chi connectivity index (χ4v) is 3.07. The molecule has 20 heavy (non-hydrogen) atoms. The molecule has 1 saturated heterocycles. The van der Waals surface area contributed by atoms with E-state index in [4.69, 9.17) is 5.73 Å². The second kappa shape index (κ2) is 7.61. The zero-order valence-electron chi connectivity index (χ0n) is 12.7. The Kier molecular flexibility index (Phi) is 6.75. The highest BCUT2D eigenvalue weighted by Gasteiger charge is 2.37. The fourth-order valence-electron chi connectivity index (χ4n) is 3.07. The summed E-state index contributed by atoms with van der Waals surface area (Å²) in [5.74, 6) is 0. The number of alkyl halides is 3. The Bertz CT molecular complexity index is 269. The summed E-state index contributed by atoms with van der Waals surface area (Å²) in [5, 5.41) is 0. The maximum atomic E-state index is 12.4. The monoisotopic (exact) mass is 295 g/mol. The molecule has 120 valence electrons. The summed E-state index contributed by atoms with van der Waals surface area (Å²) in [5.41, 5.74) is 5.96. The van der Waals surface area contributed by atoms with E-state index in [0.29, 0.717) is 32.7 Å². The lowest BCUT2D eigenvalue weighted by molar-refractivity contribution is -0.151. The molecule has 1 aliphatic rings. The molecule has 0 bridgehead atoms. The molecule has 3 nitrogen and oxygen atoms in total. The highest BCUT2D eigenvalue weighted by atomic mass is 19.4. The first-order valence-electron chi connectivity index (χ1n) is 7.61. The van der Waals surface area contributed by atoms with E-state index in [0.717, 1.165) is 25.7 Å². The molecule has 1 rings (SSSR count). The number of rotatable bonds is 7. The molecule has 0 aromatic heterocycles. The van der Waals surface area contributed by atoms with E-state index in [1.807, 2.05) is 0 Å². The first kappa shape index (κ1) is 17.7. The van der Waals surface area contributed by atoms with E-state index in [-0.39, 0.29) is 5.54 Å². The highest BCUT2D eigenvalue weighted by Crippen LogP contribution is 2.27. The second-order valence-electron chi connectivity index (χ2n) is 5.76. The topological polar surface area (TPSA) is 32.5 Å². The van der Waals surface area contributed by atoms with Crippen LogP contribution in [0.25, 0.3) is 0 Å². The summed E-state index contributed by atoms with van der Waals surface area (Å²) in [4.78, 5) is 3.81. The van der Waals surface area contributed by atoms with E-state index >= 15 is 0 Å². The lowest BCUT2D eigenvalue weighted by atomic mass is 9.87. The molecule has 0 aromatic carbocycles. The van der Waals surface area contributed by atoms with Crippen molar-refractivity contribution in [3.63, 3.8) is 0 Å². The van der Waals surface area contributed by atoms with Crippen molar-refractivity contribution >= 4 is 0 Å². The van der Waals surface area contributed by atoms with Gasteiger partial charge < -0.3 is 5.73 Å². The van der Waals surface area contributed by atoms with Crippen molar-refractivity contribution in [2.45, 2.75) is 51.2 Å². The molecule has 6 heteroatoms. The summed E-state index contributed by atoms with van der Waals surface area (Å²) in [6.07, 6.45) is 0.141. The van der Waals surface area contributed by atoms with Crippen LogP contribution in [0.15, 0.2) is 0 Å². The number of hydrogen-bond donors (Lipinski definition) is 1. The zero-order chi connectivity index (χ0) is 15.2. The van der Waals surface area contributed by atoms with Crippen molar-refractivity contribution in [3.05, 3.63) is 0 Å². The van der Waals surface area contributed by atoms with Crippen LogP contribution in [0.1, 0.15) is 39.5 Å². The minimum Gasteiger partial charge on any atom is -0.329 e. The van der Waals surface area contributed by atoms with Crippen molar-refractivity contribution in [1.29, 1.82) is 0 Å². The molecule has 1 atom stereocenters. The lowest BCUT2D eigenvalue weighted by Gasteiger charge is -2.47. The molecule has 1 unspecified atom stereocenters. The average Bonchev–Trinajstić information content (AvgIpc) is 2.40. The SMILES string of the molecule is CCCCC(CC)(CN)N1CCN(CC(F)(F)F)CC1. The molecule has 0 spiro atoms. The molecule has 0 radical (unpaired) electrons. The molecule has 1 aliphatic heterocycles. The van der Waals surface area contributed by atoms with Crippen LogP contribution in [-0.4, -0.2) is 60.8 Å². The van der Waals surface area contributed by atoms with Crippen LogP contribution in [0.3, 0.4) is 0 Å². The van der Waals surface area contributed by atoms with Gasteiger partial charge in [-0.15, -0.1) is 0 Å². The molecule has 2 N–H and O–H groups in total. The van der Waals surface area contributed by atoms with Crippen molar-refractivity contribution in [3.8, 4) is 0 Å². The summed E-state index contributed by atoms with van der Waals surface area (Å²) >= 11 is 0. The van der Waals surface area contributed by atoms with Crippen molar-refractivity contribution in [1.82, 2.24) is 9.80 Å². The average molecular weight is 295 g/mol. The quantitative estimate of drug-likeness (QED) is 0.783. The Morgan fingerprint density at radius 2 is 1.65 bits per heavy atom. The van der Waals surface area contributed by atoms with Gasteiger partial charge in [-0.3, -0.25) is 9.80 Å². The predicted octanol–water partition coefficient (Wildman–Crippen LogP) is 2.46. The molecular weight excluding hydrogens is 267 g/mol. The normalized spacial score (nSPS) is 21.9. The van der Waals surface area contributed by atoms with Gasteiger partial charge in [-0.2, -0.15) is 13.2 Å². The highest BCUT2D eigenvalue weighted by molar-refractivity contribution is 4.93. The summed E-state index contributed by atoms with van der Waals surface area (Å²) in [6.45, 7) is 6.40. The molecule has 0 saturated carbocycles. The molecule has 0 aliphatic carbocycles. The van der Waals surface area contributed by atoms with Gasteiger partial charge in [0, 0.05) is 38.3 Å². The van der Waals surface area contributed by atoms with Crippen LogP contribution in [0.5, 0.6) is 0 Å². The van der Waals surface area contributed by atoms with Gasteiger partial charge in [0.15, 0.2) is 0 Å². The number of nitrogens with two attached hydrogens (primary N) is 1. The smallest absolute Gasteiger partial charge is 0.329 e. The Hall–Kier alpha value is -0.330. The van der Waals surface area contributed by atoms with Gasteiger partial charge in [0.25, 0.3) is 0 Å². The number of nitrogens with zero attached hydrogens (tertiary/aromatic N) is 2. The van der Waals surface area contributed by atoms with Crippen LogP contribution >= 0.6 is 0 Å². The number of piperazine rings is 1. The zero-order valence-corrected chi connectivity index (χ0v) is 12.7. The number of unbranched alkanes of at least 4 members (excludes halogenated alkanes) is 1. The van der Waals surface area contributed by atoms with Crippen LogP contribution in [0.4, 0.5) is 13.2 Å². The van der Waals surface area contributed by atoms with Crippen LogP contribution in [-0.2, 0) is 0 Å². The van der Waals surface area contributed by atoms with Crippen molar-refractivity contribution in [2.24, 2.45) is 5.73 Å². The summed E-state index contributed by atoms with van der Waals surface area (Å²) < 4.78 is 37.2. The molecule has 0 aromatic rings. The first-order chi connectivity index (χ1) is 9.37. The van der Waals surface area contributed by atoms with Gasteiger partial charge in [-0.25, -0.2) is 0 Å². The Labute approximate surface area is 120 Å². The molecule has 1 heterocycles. The maximum absolute atomic E-state index is 12.4. The van der Waals surface area contributed by atoms with Crippen molar-refractivity contribution in [2.75, 3.05) is 39.3 Å². The second-order valence-corrected chi connectivity index (χ2v) is 5.76. The predicted molar refractivity (Wildman–Crippen MR) is 75.7 cm³/mol. The Morgan fingerprint density at radius 1 is 1.05 bits per heavy atom. The maximum Gasteiger partial charge on any atom is 0.401 e. The largest absolute Gasteiger partial charge is 0.401 e. The first-order valence-corrected chi connectivity index (χ1v) is 7.61. The third-order valence-corrected chi connectivity index (χ3v) is 4.48. The fraction of sp³-hybridized carbons (Fsp3) is 1.00. The van der Waals surface area contributed by atoms with E-state index in [1.54, 1.807) is 0 Å². The Morgan fingerprint density at radius 3 is 2.05 bits per heavy atom. The summed E-state index contributed by atoms with van der Waals surface area (Å²) in [7, 11) is 0. The van der Waals surface area contributed by atoms with E-state index in [9.17, 15) is 13.2 Å². The minimum absolute atomic E-state index is 0.0274. The van der Waals surface area contributed by atoms with Gasteiger partial charge >= 0.3 is 6.18 Å². The van der Waals surface area contributed by atoms with E-state index in [1.165, 1.54) is 4.90 Å². The number of hydrogen-bond acceptors (Lipinski definition) is 3. The number of halogens is 3. The van der Waals surface area contributed by atoms with E-state index < -0.39 is 12.7 Å². The van der Waals surface area contributed by atoms with Gasteiger partial charge in [0.2, 0.25) is 0 Å². The van der Waals surface area contributed by atoms with E-state index in [2.05, 4.69) is 18.7 Å². The standard InChI is InChI=1S/C14H28F3N3/c1-3-5-6-13(4-2,11-18)20-9-7-19(8-10-20)12-14(15,16)17/h3-12,18H2,1-2H3. The third kappa shape index (κ3) is 4.90. The van der Waals surface area contributed by atoms with Gasteiger partial charge in [0.1, 0.15) is 0 Å². The minimum atomic E-state index is -4.10. The summed E-state index contributed by atoms with van der Waals surface area (Å²) in [6, 6.07) is 0. The van der Waals surface area contributed by atoms with Crippen molar-refractivity contribution < 1.29 is 13.2 Å². The van der Waals surface area contributed by atoms with Crippen LogP contribution < -0.4 is 5.73 Å². The Balaban J connectivity index is 2.56. The third-order valence-electron chi connectivity index (χ3n) is 4.48.